The quantitative estimate of drug-likeness (QED) is 0.722. The largest absolute Gasteiger partial charge is 0.313 e. The molecule has 1 aromatic rings. The molecule has 0 spiro atoms. The molecule has 0 saturated carbocycles. The van der Waals surface area contributed by atoms with Crippen molar-refractivity contribution in [3.63, 3.8) is 0 Å². The van der Waals surface area contributed by atoms with E-state index in [-0.39, 0.29) is 0 Å². The van der Waals surface area contributed by atoms with Crippen LogP contribution in [0.5, 0.6) is 0 Å². The van der Waals surface area contributed by atoms with Crippen LogP contribution < -0.4 is 5.32 Å². The Balaban J connectivity index is 1.83. The van der Waals surface area contributed by atoms with Crippen molar-refractivity contribution in [1.29, 1.82) is 0 Å². The van der Waals surface area contributed by atoms with Crippen LogP contribution in [-0.4, -0.2) is 13.1 Å². The first kappa shape index (κ1) is 10.4. The first-order valence-electron chi connectivity index (χ1n) is 5.88. The molecule has 15 heavy (non-hydrogen) atoms. The van der Waals surface area contributed by atoms with E-state index in [0.717, 1.165) is 19.5 Å². The third kappa shape index (κ3) is 2.69. The van der Waals surface area contributed by atoms with Gasteiger partial charge in [-0.3, -0.25) is 0 Å². The van der Waals surface area contributed by atoms with Gasteiger partial charge in [0.15, 0.2) is 0 Å². The van der Waals surface area contributed by atoms with Crippen molar-refractivity contribution in [2.75, 3.05) is 13.1 Å². The van der Waals surface area contributed by atoms with Gasteiger partial charge in [0.25, 0.3) is 0 Å². The normalized spacial score (nSPS) is 13.8. The van der Waals surface area contributed by atoms with E-state index in [1.165, 1.54) is 29.5 Å². The van der Waals surface area contributed by atoms with Crippen molar-refractivity contribution >= 4 is 6.08 Å². The monoisotopic (exact) mass is 201 g/mol. The second-order valence-corrected chi connectivity index (χ2v) is 4.21. The zero-order valence-electron chi connectivity index (χ0n) is 9.42. The van der Waals surface area contributed by atoms with E-state index in [1.807, 2.05) is 0 Å². The van der Waals surface area contributed by atoms with Crippen LogP contribution in [0.3, 0.4) is 0 Å². The maximum absolute atomic E-state index is 3.49. The summed E-state index contributed by atoms with van der Waals surface area (Å²) in [5.41, 5.74) is 4.40. The van der Waals surface area contributed by atoms with Crippen molar-refractivity contribution in [3.05, 3.63) is 41.0 Å². The average Bonchev–Trinajstić information content (AvgIpc) is 2.67. The molecule has 0 amide bonds. The molecule has 1 heteroatoms. The van der Waals surface area contributed by atoms with Gasteiger partial charge in [-0.05, 0) is 30.5 Å². The van der Waals surface area contributed by atoms with Crippen LogP contribution in [0.1, 0.15) is 30.9 Å². The van der Waals surface area contributed by atoms with E-state index < -0.39 is 0 Å². The summed E-state index contributed by atoms with van der Waals surface area (Å²) in [4.78, 5) is 0. The Morgan fingerprint density at radius 1 is 1.27 bits per heavy atom. The van der Waals surface area contributed by atoms with E-state index in [2.05, 4.69) is 42.6 Å². The Morgan fingerprint density at radius 3 is 2.93 bits per heavy atom. The summed E-state index contributed by atoms with van der Waals surface area (Å²) in [6.45, 7) is 4.42. The van der Waals surface area contributed by atoms with Gasteiger partial charge in [0.1, 0.15) is 0 Å². The fraction of sp³-hybridized carbons (Fsp3) is 0.429. The topological polar surface area (TPSA) is 12.0 Å². The molecule has 0 bridgehead atoms. The highest BCUT2D eigenvalue weighted by atomic mass is 14.8. The summed E-state index contributed by atoms with van der Waals surface area (Å²) in [6, 6.07) is 8.67. The van der Waals surface area contributed by atoms with E-state index >= 15 is 0 Å². The summed E-state index contributed by atoms with van der Waals surface area (Å²) < 4.78 is 0. The predicted octanol–water partition coefficient (Wildman–Crippen LogP) is 3.02. The highest BCUT2D eigenvalue weighted by Gasteiger charge is 2.10. The second-order valence-electron chi connectivity index (χ2n) is 4.21. The molecule has 0 aliphatic heterocycles. The Kier molecular flexibility index (Phi) is 3.57. The van der Waals surface area contributed by atoms with Crippen LogP contribution in [0.25, 0.3) is 6.08 Å². The summed E-state index contributed by atoms with van der Waals surface area (Å²) in [6.07, 6.45) is 6.01. The maximum Gasteiger partial charge on any atom is 0.0171 e. The number of hydrogen-bond donors (Lipinski definition) is 1. The number of nitrogens with one attached hydrogen (secondary N) is 1. The van der Waals surface area contributed by atoms with Crippen LogP contribution in [0.4, 0.5) is 0 Å². The lowest BCUT2D eigenvalue weighted by atomic mass is 10.1. The van der Waals surface area contributed by atoms with Crippen LogP contribution in [0.2, 0.25) is 0 Å². The van der Waals surface area contributed by atoms with E-state index in [1.54, 1.807) is 0 Å². The zero-order valence-corrected chi connectivity index (χ0v) is 9.42. The smallest absolute Gasteiger partial charge is 0.0171 e. The molecule has 1 aliphatic rings. The highest BCUT2D eigenvalue weighted by Crippen LogP contribution is 2.23. The Hall–Kier alpha value is -1.08. The van der Waals surface area contributed by atoms with Crippen LogP contribution >= 0.6 is 0 Å². The number of rotatable bonds is 5. The van der Waals surface area contributed by atoms with Crippen LogP contribution in [-0.2, 0) is 6.42 Å². The van der Waals surface area contributed by atoms with E-state index in [0.29, 0.717) is 0 Å². The van der Waals surface area contributed by atoms with Gasteiger partial charge in [-0.15, -0.1) is 0 Å². The number of benzene rings is 1. The van der Waals surface area contributed by atoms with E-state index in [9.17, 15) is 0 Å². The molecule has 0 fully saturated rings. The van der Waals surface area contributed by atoms with Crippen molar-refractivity contribution < 1.29 is 0 Å². The third-order valence-corrected chi connectivity index (χ3v) is 2.89. The molecule has 1 nitrogen and oxygen atoms in total. The third-order valence-electron chi connectivity index (χ3n) is 2.89. The minimum Gasteiger partial charge on any atom is -0.313 e. The predicted molar refractivity (Wildman–Crippen MR) is 65.9 cm³/mol. The number of fused-ring (bicyclic) bond motifs is 1. The highest BCUT2D eigenvalue weighted by molar-refractivity contribution is 5.63. The maximum atomic E-state index is 3.49. The number of unbranched alkanes of at least 4 members (excludes halogenated alkanes) is 1. The van der Waals surface area contributed by atoms with Gasteiger partial charge in [-0.2, -0.15) is 0 Å². The van der Waals surface area contributed by atoms with Crippen molar-refractivity contribution in [2.24, 2.45) is 0 Å². The molecule has 1 aliphatic carbocycles. The van der Waals surface area contributed by atoms with Gasteiger partial charge in [-0.1, -0.05) is 49.3 Å². The molecule has 1 aromatic carbocycles. The fourth-order valence-electron chi connectivity index (χ4n) is 2.02. The Morgan fingerprint density at radius 2 is 2.13 bits per heavy atom. The molecule has 1 N–H and O–H groups in total. The first-order chi connectivity index (χ1) is 7.40. The lowest BCUT2D eigenvalue weighted by molar-refractivity contribution is 0.669. The van der Waals surface area contributed by atoms with Crippen LogP contribution in [0, 0.1) is 0 Å². The Labute approximate surface area is 92.2 Å². The summed E-state index contributed by atoms with van der Waals surface area (Å²) in [7, 11) is 0. The summed E-state index contributed by atoms with van der Waals surface area (Å²) >= 11 is 0. The van der Waals surface area contributed by atoms with Crippen molar-refractivity contribution in [2.45, 2.75) is 26.2 Å². The van der Waals surface area contributed by atoms with Gasteiger partial charge in [0.05, 0.1) is 0 Å². The van der Waals surface area contributed by atoms with Crippen molar-refractivity contribution in [3.8, 4) is 0 Å². The standard InChI is InChI=1S/C14H19N/c1-2-3-8-15-11-12-9-13-6-4-5-7-14(13)10-12/h4-7,9,15H,2-3,8,10-11H2,1H3. The molecule has 0 atom stereocenters. The number of hydrogen-bond acceptors (Lipinski definition) is 1. The second kappa shape index (κ2) is 5.13. The molecule has 0 saturated heterocycles. The summed E-state index contributed by atoms with van der Waals surface area (Å²) in [5, 5.41) is 3.49. The molecule has 0 radical (unpaired) electrons. The molecule has 0 unspecified atom stereocenters. The van der Waals surface area contributed by atoms with Gasteiger partial charge in [-0.25, -0.2) is 0 Å². The fourth-order valence-corrected chi connectivity index (χ4v) is 2.02. The van der Waals surface area contributed by atoms with Gasteiger partial charge >= 0.3 is 0 Å². The molecular weight excluding hydrogens is 182 g/mol. The minimum absolute atomic E-state index is 1.05. The lowest BCUT2D eigenvalue weighted by Crippen LogP contribution is -2.18. The average molecular weight is 201 g/mol. The molecule has 0 heterocycles. The van der Waals surface area contributed by atoms with Gasteiger partial charge in [0.2, 0.25) is 0 Å². The molecule has 2 rings (SSSR count). The van der Waals surface area contributed by atoms with E-state index in [4.69, 9.17) is 0 Å². The Bertz CT molecular complexity index is 352. The lowest BCUT2D eigenvalue weighted by Gasteiger charge is -2.04. The zero-order chi connectivity index (χ0) is 10.5. The van der Waals surface area contributed by atoms with Crippen molar-refractivity contribution in [1.82, 2.24) is 5.32 Å². The van der Waals surface area contributed by atoms with Gasteiger partial charge in [0, 0.05) is 6.54 Å². The SMILES string of the molecule is CCCCNCC1=Cc2ccccc2C1. The summed E-state index contributed by atoms with van der Waals surface area (Å²) in [5.74, 6) is 0. The molecule has 0 aromatic heterocycles. The minimum atomic E-state index is 1.05. The first-order valence-corrected chi connectivity index (χ1v) is 5.88. The molecule has 80 valence electrons. The molecular formula is C14H19N. The van der Waals surface area contributed by atoms with Crippen LogP contribution in [0.15, 0.2) is 29.8 Å². The van der Waals surface area contributed by atoms with Gasteiger partial charge < -0.3 is 5.32 Å².